The van der Waals surface area contributed by atoms with Crippen molar-refractivity contribution >= 4 is 21.9 Å². The van der Waals surface area contributed by atoms with Gasteiger partial charge in [0.1, 0.15) is 10.6 Å². The number of aromatic amines is 1. The topological polar surface area (TPSA) is 120 Å². The molecule has 0 radical (unpaired) electrons. The van der Waals surface area contributed by atoms with Gasteiger partial charge in [-0.1, -0.05) is 6.42 Å². The van der Waals surface area contributed by atoms with E-state index in [1.807, 2.05) is 0 Å². The number of sulfonamides is 1. The number of rotatable bonds is 5. The van der Waals surface area contributed by atoms with Crippen LogP contribution < -0.4 is 5.32 Å². The molecular formula is C13H19N3O5S. The number of hydrogen-bond acceptors (Lipinski definition) is 4. The molecule has 122 valence electrons. The van der Waals surface area contributed by atoms with Crippen LogP contribution in [-0.4, -0.2) is 54.8 Å². The molecule has 1 fully saturated rings. The van der Waals surface area contributed by atoms with Gasteiger partial charge in [-0.05, 0) is 18.9 Å². The van der Waals surface area contributed by atoms with E-state index in [4.69, 9.17) is 5.11 Å². The minimum absolute atomic E-state index is 0.0103. The summed E-state index contributed by atoms with van der Waals surface area (Å²) in [4.78, 5) is 25.8. The van der Waals surface area contributed by atoms with Gasteiger partial charge in [-0.25, -0.2) is 12.7 Å². The average Bonchev–Trinajstić information content (AvgIpc) is 3.06. The molecule has 0 spiro atoms. The second kappa shape index (κ2) is 6.09. The highest BCUT2D eigenvalue weighted by Crippen LogP contribution is 2.26. The van der Waals surface area contributed by atoms with Crippen LogP contribution in [0.15, 0.2) is 17.2 Å². The van der Waals surface area contributed by atoms with Crippen LogP contribution in [0.4, 0.5) is 0 Å². The molecule has 1 aliphatic carbocycles. The Morgan fingerprint density at radius 3 is 2.64 bits per heavy atom. The third-order valence-electron chi connectivity index (χ3n) is 3.83. The Morgan fingerprint density at radius 1 is 1.36 bits per heavy atom. The number of amides is 1. The number of carboxylic acid groups (broad SMARTS) is 1. The first-order valence-corrected chi connectivity index (χ1v) is 8.32. The van der Waals surface area contributed by atoms with Crippen molar-refractivity contribution < 1.29 is 23.1 Å². The highest BCUT2D eigenvalue weighted by molar-refractivity contribution is 7.89. The Balaban J connectivity index is 2.12. The lowest BCUT2D eigenvalue weighted by atomic mass is 10.0. The lowest BCUT2D eigenvalue weighted by Crippen LogP contribution is -2.40. The predicted octanol–water partition coefficient (Wildman–Crippen LogP) is 0.248. The monoisotopic (exact) mass is 329 g/mol. The molecule has 22 heavy (non-hydrogen) atoms. The van der Waals surface area contributed by atoms with Gasteiger partial charge >= 0.3 is 5.97 Å². The van der Waals surface area contributed by atoms with Crippen LogP contribution in [0, 0.1) is 5.92 Å². The van der Waals surface area contributed by atoms with Crippen molar-refractivity contribution in [1.29, 1.82) is 0 Å². The minimum atomic E-state index is -3.61. The standard InChI is InChI=1S/C13H19N3O5S/c1-16(2)22(20,21)8-6-11(14-7-8)12(17)15-10-5-3-4-9(10)13(18)19/h6-7,9-10,14H,3-5H2,1-2H3,(H,15,17)(H,18,19)/t9-,10+/m0/s1. The summed E-state index contributed by atoms with van der Waals surface area (Å²) in [5, 5.41) is 11.8. The van der Waals surface area contributed by atoms with Gasteiger partial charge in [0.25, 0.3) is 5.91 Å². The van der Waals surface area contributed by atoms with Gasteiger partial charge < -0.3 is 15.4 Å². The summed E-state index contributed by atoms with van der Waals surface area (Å²) in [6.07, 6.45) is 3.12. The van der Waals surface area contributed by atoms with E-state index in [0.29, 0.717) is 12.8 Å². The van der Waals surface area contributed by atoms with Gasteiger partial charge in [-0.15, -0.1) is 0 Å². The summed E-state index contributed by atoms with van der Waals surface area (Å²) in [6, 6.07) is 0.817. The third kappa shape index (κ3) is 3.14. The number of carbonyl (C=O) groups excluding carboxylic acids is 1. The number of H-pyrrole nitrogens is 1. The second-order valence-corrected chi connectivity index (χ2v) is 7.64. The number of aromatic nitrogens is 1. The third-order valence-corrected chi connectivity index (χ3v) is 5.62. The maximum atomic E-state index is 12.1. The van der Waals surface area contributed by atoms with Crippen molar-refractivity contribution in [1.82, 2.24) is 14.6 Å². The molecule has 1 heterocycles. The van der Waals surface area contributed by atoms with E-state index >= 15 is 0 Å². The molecule has 1 amide bonds. The van der Waals surface area contributed by atoms with Gasteiger partial charge in [-0.3, -0.25) is 9.59 Å². The van der Waals surface area contributed by atoms with E-state index in [1.165, 1.54) is 26.4 Å². The molecule has 0 saturated heterocycles. The Bertz CT molecular complexity index is 680. The lowest BCUT2D eigenvalue weighted by molar-refractivity contribution is -0.142. The van der Waals surface area contributed by atoms with E-state index in [1.54, 1.807) is 0 Å². The van der Waals surface area contributed by atoms with Crippen LogP contribution in [0.25, 0.3) is 0 Å². The van der Waals surface area contributed by atoms with Crippen LogP contribution in [0.3, 0.4) is 0 Å². The summed E-state index contributed by atoms with van der Waals surface area (Å²) < 4.78 is 25.0. The molecule has 1 aliphatic rings. The zero-order valence-electron chi connectivity index (χ0n) is 12.4. The van der Waals surface area contributed by atoms with E-state index in [-0.39, 0.29) is 10.6 Å². The van der Waals surface area contributed by atoms with E-state index in [9.17, 15) is 18.0 Å². The largest absolute Gasteiger partial charge is 0.481 e. The van der Waals surface area contributed by atoms with Crippen molar-refractivity contribution in [3.8, 4) is 0 Å². The Kier molecular flexibility index (Phi) is 4.57. The van der Waals surface area contributed by atoms with Crippen LogP contribution >= 0.6 is 0 Å². The van der Waals surface area contributed by atoms with E-state index in [0.717, 1.165) is 10.7 Å². The zero-order chi connectivity index (χ0) is 16.5. The van der Waals surface area contributed by atoms with Gasteiger partial charge in [0.15, 0.2) is 0 Å². The van der Waals surface area contributed by atoms with Crippen molar-refractivity contribution in [3.05, 3.63) is 18.0 Å². The Labute approximate surface area is 128 Å². The minimum Gasteiger partial charge on any atom is -0.481 e. The number of aliphatic carboxylic acids is 1. The quantitative estimate of drug-likeness (QED) is 0.715. The zero-order valence-corrected chi connectivity index (χ0v) is 13.2. The molecule has 9 heteroatoms. The molecule has 2 atom stereocenters. The first kappa shape index (κ1) is 16.5. The normalized spacial score (nSPS) is 22.0. The average molecular weight is 329 g/mol. The van der Waals surface area contributed by atoms with Gasteiger partial charge in [0, 0.05) is 26.3 Å². The number of carboxylic acids is 1. The number of carbonyl (C=O) groups is 2. The molecule has 1 aromatic heterocycles. The fourth-order valence-electron chi connectivity index (χ4n) is 2.54. The Morgan fingerprint density at radius 2 is 2.05 bits per heavy atom. The summed E-state index contributed by atoms with van der Waals surface area (Å²) in [5.41, 5.74) is 0.0939. The van der Waals surface area contributed by atoms with Crippen molar-refractivity contribution in [3.63, 3.8) is 0 Å². The second-order valence-electron chi connectivity index (χ2n) is 5.49. The summed E-state index contributed by atoms with van der Waals surface area (Å²) >= 11 is 0. The predicted molar refractivity (Wildman–Crippen MR) is 77.9 cm³/mol. The maximum absolute atomic E-state index is 12.1. The van der Waals surface area contributed by atoms with Crippen LogP contribution in [0.2, 0.25) is 0 Å². The molecule has 0 bridgehead atoms. The summed E-state index contributed by atoms with van der Waals surface area (Å²) in [7, 11) is -0.811. The van der Waals surface area contributed by atoms with Crippen LogP contribution in [0.1, 0.15) is 29.8 Å². The van der Waals surface area contributed by atoms with E-state index < -0.39 is 33.9 Å². The highest BCUT2D eigenvalue weighted by atomic mass is 32.2. The number of hydrogen-bond donors (Lipinski definition) is 3. The Hall–Kier alpha value is -1.87. The summed E-state index contributed by atoms with van der Waals surface area (Å²) in [6.45, 7) is 0. The number of nitrogens with one attached hydrogen (secondary N) is 2. The van der Waals surface area contributed by atoms with Crippen molar-refractivity contribution in [2.24, 2.45) is 5.92 Å². The first-order valence-electron chi connectivity index (χ1n) is 6.88. The van der Waals surface area contributed by atoms with Crippen molar-refractivity contribution in [2.45, 2.75) is 30.2 Å². The fraction of sp³-hybridized carbons (Fsp3) is 0.538. The SMILES string of the molecule is CN(C)S(=O)(=O)c1c[nH]c(C(=O)N[C@@H]2CCC[C@@H]2C(=O)O)c1. The molecule has 2 rings (SSSR count). The van der Waals surface area contributed by atoms with Gasteiger partial charge in [0.2, 0.25) is 10.0 Å². The lowest BCUT2D eigenvalue weighted by Gasteiger charge is -2.16. The van der Waals surface area contributed by atoms with Crippen LogP contribution in [-0.2, 0) is 14.8 Å². The molecule has 1 saturated carbocycles. The first-order chi connectivity index (χ1) is 10.2. The summed E-state index contributed by atoms with van der Waals surface area (Å²) in [5.74, 6) is -2.02. The molecular weight excluding hydrogens is 310 g/mol. The molecule has 0 unspecified atom stereocenters. The fourth-order valence-corrected chi connectivity index (χ4v) is 3.44. The molecule has 0 aliphatic heterocycles. The molecule has 3 N–H and O–H groups in total. The molecule has 0 aromatic carbocycles. The van der Waals surface area contributed by atoms with Gasteiger partial charge in [0.05, 0.1) is 5.92 Å². The van der Waals surface area contributed by atoms with E-state index in [2.05, 4.69) is 10.3 Å². The maximum Gasteiger partial charge on any atom is 0.308 e. The van der Waals surface area contributed by atoms with Crippen molar-refractivity contribution in [2.75, 3.05) is 14.1 Å². The smallest absolute Gasteiger partial charge is 0.308 e. The highest BCUT2D eigenvalue weighted by Gasteiger charge is 2.34. The molecule has 8 nitrogen and oxygen atoms in total. The molecule has 1 aromatic rings. The van der Waals surface area contributed by atoms with Gasteiger partial charge in [-0.2, -0.15) is 0 Å². The van der Waals surface area contributed by atoms with Crippen LogP contribution in [0.5, 0.6) is 0 Å². The number of nitrogens with zero attached hydrogens (tertiary/aromatic N) is 1.